The molecule has 0 saturated heterocycles. The lowest BCUT2D eigenvalue weighted by molar-refractivity contribution is 0.653. The van der Waals surface area contributed by atoms with E-state index in [2.05, 4.69) is 83.4 Å². The van der Waals surface area contributed by atoms with Gasteiger partial charge in [-0.15, -0.1) is 0 Å². The molecule has 4 heterocycles. The molecular formula is C40H23N3O2. The molecule has 0 aliphatic carbocycles. The Morgan fingerprint density at radius 1 is 0.467 bits per heavy atom. The Morgan fingerprint density at radius 3 is 1.96 bits per heavy atom. The third-order valence-corrected chi connectivity index (χ3v) is 8.85. The van der Waals surface area contributed by atoms with Crippen LogP contribution in [0.4, 0.5) is 0 Å². The average molecular weight is 578 g/mol. The fraction of sp³-hybridized carbons (Fsp3) is 0. The minimum absolute atomic E-state index is 0.582. The molecule has 0 aliphatic heterocycles. The van der Waals surface area contributed by atoms with Crippen molar-refractivity contribution in [3.63, 3.8) is 0 Å². The monoisotopic (exact) mass is 577 g/mol. The van der Waals surface area contributed by atoms with E-state index in [1.165, 1.54) is 5.39 Å². The third kappa shape index (κ3) is 3.49. The summed E-state index contributed by atoms with van der Waals surface area (Å²) in [7, 11) is 0. The predicted octanol–water partition coefficient (Wildman–Crippen LogP) is 10.7. The van der Waals surface area contributed by atoms with Crippen LogP contribution in [0, 0.1) is 0 Å². The molecule has 0 radical (unpaired) electrons. The molecule has 10 aromatic rings. The zero-order valence-corrected chi connectivity index (χ0v) is 23.9. The van der Waals surface area contributed by atoms with E-state index in [0.29, 0.717) is 11.5 Å². The Bertz CT molecular complexity index is 2750. The minimum atomic E-state index is 0.582. The molecule has 210 valence electrons. The SMILES string of the molecule is c1ccc(-c2nc(-c3ccc(-n4c5ccccc5c5ccc6c7ccccc7oc6c54)cc3)c3c(n2)oc2ccccc23)cc1. The summed E-state index contributed by atoms with van der Waals surface area (Å²) >= 11 is 0. The highest BCUT2D eigenvalue weighted by Crippen LogP contribution is 2.41. The molecule has 5 nitrogen and oxygen atoms in total. The minimum Gasteiger partial charge on any atom is -0.454 e. The molecule has 0 atom stereocenters. The fourth-order valence-electron chi connectivity index (χ4n) is 6.82. The highest BCUT2D eigenvalue weighted by atomic mass is 16.3. The Balaban J connectivity index is 1.22. The number of aromatic nitrogens is 3. The third-order valence-electron chi connectivity index (χ3n) is 8.85. The van der Waals surface area contributed by atoms with Gasteiger partial charge in [-0.05, 0) is 36.4 Å². The second-order valence-electron chi connectivity index (χ2n) is 11.4. The van der Waals surface area contributed by atoms with E-state index in [4.69, 9.17) is 18.8 Å². The van der Waals surface area contributed by atoms with Crippen LogP contribution in [-0.4, -0.2) is 14.5 Å². The molecule has 6 aromatic carbocycles. The van der Waals surface area contributed by atoms with Crippen molar-refractivity contribution in [1.29, 1.82) is 0 Å². The van der Waals surface area contributed by atoms with Crippen molar-refractivity contribution in [1.82, 2.24) is 14.5 Å². The first-order valence-corrected chi connectivity index (χ1v) is 15.0. The fourth-order valence-corrected chi connectivity index (χ4v) is 6.82. The largest absolute Gasteiger partial charge is 0.454 e. The van der Waals surface area contributed by atoms with Crippen LogP contribution in [0.1, 0.15) is 0 Å². The summed E-state index contributed by atoms with van der Waals surface area (Å²) in [5, 5.41) is 6.50. The molecular weight excluding hydrogens is 554 g/mol. The average Bonchev–Trinajstić information content (AvgIpc) is 3.78. The molecule has 0 aliphatic rings. The molecule has 5 heteroatoms. The molecule has 0 spiro atoms. The predicted molar refractivity (Wildman–Crippen MR) is 182 cm³/mol. The molecule has 0 saturated carbocycles. The number of nitrogens with zero attached hydrogens (tertiary/aromatic N) is 3. The summed E-state index contributed by atoms with van der Waals surface area (Å²) in [4.78, 5) is 9.98. The van der Waals surface area contributed by atoms with Gasteiger partial charge in [0.25, 0.3) is 0 Å². The summed E-state index contributed by atoms with van der Waals surface area (Å²) in [5.41, 5.74) is 9.18. The van der Waals surface area contributed by atoms with Crippen LogP contribution in [0.3, 0.4) is 0 Å². The first kappa shape index (κ1) is 24.3. The molecule has 0 bridgehead atoms. The van der Waals surface area contributed by atoms with Gasteiger partial charge in [0.1, 0.15) is 11.2 Å². The van der Waals surface area contributed by atoms with E-state index >= 15 is 0 Å². The van der Waals surface area contributed by atoms with Crippen molar-refractivity contribution in [2.45, 2.75) is 0 Å². The van der Waals surface area contributed by atoms with Crippen LogP contribution in [-0.2, 0) is 0 Å². The van der Waals surface area contributed by atoms with Crippen molar-refractivity contribution in [3.8, 4) is 28.3 Å². The van der Waals surface area contributed by atoms with E-state index in [1.54, 1.807) is 0 Å². The van der Waals surface area contributed by atoms with Crippen molar-refractivity contribution >= 4 is 65.8 Å². The normalized spacial score (nSPS) is 12.0. The van der Waals surface area contributed by atoms with Gasteiger partial charge in [-0.25, -0.2) is 4.98 Å². The van der Waals surface area contributed by atoms with Crippen LogP contribution >= 0.6 is 0 Å². The lowest BCUT2D eigenvalue weighted by Crippen LogP contribution is -1.96. The zero-order chi connectivity index (χ0) is 29.5. The van der Waals surface area contributed by atoms with Gasteiger partial charge < -0.3 is 13.4 Å². The molecule has 45 heavy (non-hydrogen) atoms. The van der Waals surface area contributed by atoms with Crippen molar-refractivity contribution in [2.75, 3.05) is 0 Å². The maximum atomic E-state index is 6.54. The number of benzene rings is 6. The van der Waals surface area contributed by atoms with E-state index in [-0.39, 0.29) is 0 Å². The van der Waals surface area contributed by atoms with Gasteiger partial charge in [0, 0.05) is 43.7 Å². The van der Waals surface area contributed by atoms with E-state index in [0.717, 1.165) is 77.2 Å². The Kier molecular flexibility index (Phi) is 4.93. The molecule has 4 aromatic heterocycles. The first-order valence-electron chi connectivity index (χ1n) is 15.0. The second-order valence-corrected chi connectivity index (χ2v) is 11.4. The van der Waals surface area contributed by atoms with Crippen LogP contribution < -0.4 is 0 Å². The summed E-state index contributed by atoms with van der Waals surface area (Å²) in [6, 6.07) is 47.9. The van der Waals surface area contributed by atoms with Crippen LogP contribution in [0.2, 0.25) is 0 Å². The number of hydrogen-bond donors (Lipinski definition) is 0. The number of hydrogen-bond acceptors (Lipinski definition) is 4. The first-order chi connectivity index (χ1) is 22.3. The van der Waals surface area contributed by atoms with E-state index in [9.17, 15) is 0 Å². The Labute approximate surface area is 256 Å². The van der Waals surface area contributed by atoms with Gasteiger partial charge in [0.2, 0.25) is 5.71 Å². The number of furan rings is 2. The van der Waals surface area contributed by atoms with E-state index < -0.39 is 0 Å². The molecule has 0 unspecified atom stereocenters. The van der Waals surface area contributed by atoms with Crippen molar-refractivity contribution < 1.29 is 8.83 Å². The Morgan fingerprint density at radius 2 is 1.13 bits per heavy atom. The molecule has 0 amide bonds. The van der Waals surface area contributed by atoms with Gasteiger partial charge >= 0.3 is 0 Å². The number of para-hydroxylation sites is 3. The van der Waals surface area contributed by atoms with Gasteiger partial charge in [-0.2, -0.15) is 4.98 Å². The maximum absolute atomic E-state index is 6.54. The van der Waals surface area contributed by atoms with E-state index in [1.807, 2.05) is 60.7 Å². The molecule has 0 N–H and O–H groups in total. The number of rotatable bonds is 3. The standard InChI is InChI=1S/C40H23N3O2/c1-2-10-25(11-3-1)39-41-36(35-31-14-6-9-17-34(31)45-40(35)42-39)24-18-20-26(21-19-24)43-32-15-7-4-12-27(32)29-22-23-30-28-13-5-8-16-33(28)44-38(30)37(29)43/h1-23H. The summed E-state index contributed by atoms with van der Waals surface area (Å²) in [6.45, 7) is 0. The molecule has 0 fully saturated rings. The topological polar surface area (TPSA) is 57.0 Å². The van der Waals surface area contributed by atoms with Crippen molar-refractivity contribution in [3.05, 3.63) is 140 Å². The van der Waals surface area contributed by atoms with Crippen LogP contribution in [0.15, 0.2) is 148 Å². The zero-order valence-electron chi connectivity index (χ0n) is 23.9. The smallest absolute Gasteiger partial charge is 0.231 e. The van der Waals surface area contributed by atoms with Gasteiger partial charge in [-0.3, -0.25) is 0 Å². The summed E-state index contributed by atoms with van der Waals surface area (Å²) < 4.78 is 15.1. The van der Waals surface area contributed by atoms with Gasteiger partial charge in [-0.1, -0.05) is 103 Å². The summed E-state index contributed by atoms with van der Waals surface area (Å²) in [6.07, 6.45) is 0. The lowest BCUT2D eigenvalue weighted by atomic mass is 10.0. The number of fused-ring (bicyclic) bond motifs is 10. The highest BCUT2D eigenvalue weighted by molar-refractivity contribution is 6.21. The lowest BCUT2D eigenvalue weighted by Gasteiger charge is -2.10. The van der Waals surface area contributed by atoms with Gasteiger partial charge in [0.05, 0.1) is 22.1 Å². The van der Waals surface area contributed by atoms with Crippen molar-refractivity contribution in [2.24, 2.45) is 0 Å². The quantitative estimate of drug-likeness (QED) is 0.210. The highest BCUT2D eigenvalue weighted by Gasteiger charge is 2.21. The van der Waals surface area contributed by atoms with Crippen LogP contribution in [0.25, 0.3) is 94.1 Å². The van der Waals surface area contributed by atoms with Crippen LogP contribution in [0.5, 0.6) is 0 Å². The summed E-state index contributed by atoms with van der Waals surface area (Å²) in [5.74, 6) is 0.635. The second kappa shape index (κ2) is 9.15. The molecule has 10 rings (SSSR count). The van der Waals surface area contributed by atoms with Gasteiger partial charge in [0.15, 0.2) is 11.4 Å². The maximum Gasteiger partial charge on any atom is 0.231 e. The Hall–Kier alpha value is -6.20.